The molecule has 4 rings (SSSR count). The van der Waals surface area contributed by atoms with Crippen LogP contribution in [0.15, 0.2) is 48.5 Å². The lowest BCUT2D eigenvalue weighted by Crippen LogP contribution is -2.46. The molecule has 0 bridgehead atoms. The van der Waals surface area contributed by atoms with Crippen LogP contribution in [0.3, 0.4) is 0 Å². The van der Waals surface area contributed by atoms with Gasteiger partial charge in [-0.3, -0.25) is 15.0 Å². The van der Waals surface area contributed by atoms with E-state index >= 15 is 0 Å². The standard InChI is InChI=1S/C25H27N3O6/c1-15(12-23(30)28-21(24(31)32)13-22(29)27-28)10-11-26-25(33)34-14-20-18-8-4-2-6-16(18)17-7-3-5-9-19(17)20/h2-9,15,20-21H,10-14H2,1H3,(H,26,33)(H,27,29)(H,31,32). The van der Waals surface area contributed by atoms with Crippen molar-refractivity contribution < 1.29 is 29.0 Å². The van der Waals surface area contributed by atoms with E-state index in [0.29, 0.717) is 13.0 Å². The molecule has 0 saturated carbocycles. The average Bonchev–Trinajstić information content (AvgIpc) is 3.36. The fourth-order valence-corrected chi connectivity index (χ4v) is 4.53. The normalized spacial score (nSPS) is 17.5. The van der Waals surface area contributed by atoms with Crippen molar-refractivity contribution in [2.45, 2.75) is 38.1 Å². The number of ether oxygens (including phenoxy) is 1. The topological polar surface area (TPSA) is 125 Å². The summed E-state index contributed by atoms with van der Waals surface area (Å²) in [5.41, 5.74) is 6.88. The van der Waals surface area contributed by atoms with Crippen molar-refractivity contribution in [3.8, 4) is 11.1 Å². The molecule has 178 valence electrons. The molecule has 0 aromatic heterocycles. The highest BCUT2D eigenvalue weighted by Crippen LogP contribution is 2.44. The molecule has 2 atom stereocenters. The average molecular weight is 466 g/mol. The van der Waals surface area contributed by atoms with Crippen LogP contribution in [-0.2, 0) is 19.1 Å². The van der Waals surface area contributed by atoms with E-state index in [4.69, 9.17) is 4.74 Å². The second-order valence-corrected chi connectivity index (χ2v) is 8.71. The zero-order chi connectivity index (χ0) is 24.2. The monoisotopic (exact) mass is 465 g/mol. The number of carboxylic acids is 1. The summed E-state index contributed by atoms with van der Waals surface area (Å²) in [5, 5.41) is 12.8. The van der Waals surface area contributed by atoms with Crippen molar-refractivity contribution >= 4 is 23.9 Å². The summed E-state index contributed by atoms with van der Waals surface area (Å²) in [4.78, 5) is 47.4. The molecule has 1 heterocycles. The number of aliphatic carboxylic acids is 1. The maximum absolute atomic E-state index is 12.4. The fourth-order valence-electron chi connectivity index (χ4n) is 4.53. The zero-order valence-corrected chi connectivity index (χ0v) is 18.8. The van der Waals surface area contributed by atoms with Crippen LogP contribution in [0.5, 0.6) is 0 Å². The predicted octanol–water partition coefficient (Wildman–Crippen LogP) is 2.66. The lowest BCUT2D eigenvalue weighted by Gasteiger charge is -2.22. The summed E-state index contributed by atoms with van der Waals surface area (Å²) < 4.78 is 5.50. The first-order valence-electron chi connectivity index (χ1n) is 11.3. The molecule has 1 aliphatic heterocycles. The van der Waals surface area contributed by atoms with Gasteiger partial charge >= 0.3 is 12.1 Å². The Morgan fingerprint density at radius 2 is 1.74 bits per heavy atom. The summed E-state index contributed by atoms with van der Waals surface area (Å²) in [5.74, 6) is -2.34. The lowest BCUT2D eigenvalue weighted by atomic mass is 9.98. The Balaban J connectivity index is 1.23. The van der Waals surface area contributed by atoms with Gasteiger partial charge in [0.15, 0.2) is 6.04 Å². The van der Waals surface area contributed by atoms with E-state index in [1.165, 1.54) is 0 Å². The quantitative estimate of drug-likeness (QED) is 0.551. The van der Waals surface area contributed by atoms with Crippen molar-refractivity contribution in [2.75, 3.05) is 13.2 Å². The second kappa shape index (κ2) is 9.94. The van der Waals surface area contributed by atoms with Gasteiger partial charge in [-0.15, -0.1) is 0 Å². The van der Waals surface area contributed by atoms with E-state index in [1.807, 2.05) is 31.2 Å². The molecular formula is C25H27N3O6. The first-order valence-corrected chi connectivity index (χ1v) is 11.3. The maximum atomic E-state index is 12.4. The lowest BCUT2D eigenvalue weighted by molar-refractivity contribution is -0.150. The Kier molecular flexibility index (Phi) is 6.81. The highest BCUT2D eigenvalue weighted by atomic mass is 16.5. The maximum Gasteiger partial charge on any atom is 0.407 e. The van der Waals surface area contributed by atoms with Gasteiger partial charge in [0.1, 0.15) is 6.61 Å². The Bertz CT molecular complexity index is 1070. The summed E-state index contributed by atoms with van der Waals surface area (Å²) in [6.45, 7) is 2.35. The molecule has 1 fully saturated rings. The van der Waals surface area contributed by atoms with Crippen LogP contribution in [0.2, 0.25) is 0 Å². The van der Waals surface area contributed by atoms with Crippen LogP contribution in [0.25, 0.3) is 11.1 Å². The Hall–Kier alpha value is -3.88. The van der Waals surface area contributed by atoms with Crippen LogP contribution < -0.4 is 10.7 Å². The molecule has 1 aliphatic carbocycles. The predicted molar refractivity (Wildman–Crippen MR) is 122 cm³/mol. The SMILES string of the molecule is CC(CCNC(=O)OCC1c2ccccc2-c2ccccc21)CC(=O)N1NC(=O)CC1C(=O)O. The van der Waals surface area contributed by atoms with E-state index in [9.17, 15) is 24.3 Å². The van der Waals surface area contributed by atoms with Crippen molar-refractivity contribution in [2.24, 2.45) is 5.92 Å². The van der Waals surface area contributed by atoms with E-state index in [2.05, 4.69) is 35.0 Å². The molecule has 2 aliphatic rings. The van der Waals surface area contributed by atoms with Gasteiger partial charge in [-0.1, -0.05) is 55.5 Å². The van der Waals surface area contributed by atoms with E-state index < -0.39 is 29.9 Å². The van der Waals surface area contributed by atoms with Gasteiger partial charge in [0.05, 0.1) is 6.42 Å². The Morgan fingerprint density at radius 3 is 2.35 bits per heavy atom. The zero-order valence-electron chi connectivity index (χ0n) is 18.8. The molecule has 9 heteroatoms. The summed E-state index contributed by atoms with van der Waals surface area (Å²) in [6, 6.07) is 15.0. The molecule has 1 saturated heterocycles. The number of benzene rings is 2. The number of hydrazine groups is 1. The summed E-state index contributed by atoms with van der Waals surface area (Å²) in [7, 11) is 0. The van der Waals surface area contributed by atoms with E-state index in [-0.39, 0.29) is 31.3 Å². The van der Waals surface area contributed by atoms with Gasteiger partial charge in [-0.2, -0.15) is 0 Å². The molecule has 2 aromatic carbocycles. The summed E-state index contributed by atoms with van der Waals surface area (Å²) >= 11 is 0. The minimum atomic E-state index is -1.23. The third-order valence-corrected chi connectivity index (χ3v) is 6.26. The van der Waals surface area contributed by atoms with Gasteiger partial charge in [0, 0.05) is 18.9 Å². The number of hydrogen-bond donors (Lipinski definition) is 3. The first-order chi connectivity index (χ1) is 16.3. The van der Waals surface area contributed by atoms with Crippen molar-refractivity contribution in [1.29, 1.82) is 0 Å². The minimum Gasteiger partial charge on any atom is -0.480 e. The first kappa shape index (κ1) is 23.3. The minimum absolute atomic E-state index is 0.0208. The molecular weight excluding hydrogens is 438 g/mol. The number of carbonyl (C=O) groups is 4. The van der Waals surface area contributed by atoms with Gasteiger partial charge < -0.3 is 15.2 Å². The number of nitrogens with one attached hydrogen (secondary N) is 2. The number of amides is 3. The summed E-state index contributed by atoms with van der Waals surface area (Å²) in [6.07, 6.45) is -0.233. The molecule has 9 nitrogen and oxygen atoms in total. The van der Waals surface area contributed by atoms with Crippen LogP contribution in [0.1, 0.15) is 43.2 Å². The number of rotatable bonds is 8. The highest BCUT2D eigenvalue weighted by molar-refractivity contribution is 5.93. The molecule has 34 heavy (non-hydrogen) atoms. The van der Waals surface area contributed by atoms with E-state index in [1.54, 1.807) is 0 Å². The Morgan fingerprint density at radius 1 is 1.12 bits per heavy atom. The van der Waals surface area contributed by atoms with Gasteiger partial charge in [-0.05, 0) is 34.6 Å². The highest BCUT2D eigenvalue weighted by Gasteiger charge is 2.39. The molecule has 2 aromatic rings. The fraction of sp³-hybridized carbons (Fsp3) is 0.360. The van der Waals surface area contributed by atoms with Crippen molar-refractivity contribution in [1.82, 2.24) is 15.8 Å². The largest absolute Gasteiger partial charge is 0.480 e. The van der Waals surface area contributed by atoms with Crippen LogP contribution in [0, 0.1) is 5.92 Å². The molecule has 3 N–H and O–H groups in total. The third-order valence-electron chi connectivity index (χ3n) is 6.26. The number of nitrogens with zero attached hydrogens (tertiary/aromatic N) is 1. The number of fused-ring (bicyclic) bond motifs is 3. The van der Waals surface area contributed by atoms with Gasteiger partial charge in [0.25, 0.3) is 0 Å². The molecule has 0 spiro atoms. The Labute approximate surface area is 197 Å². The molecule has 2 unspecified atom stereocenters. The number of alkyl carbamates (subject to hydrolysis) is 1. The van der Waals surface area contributed by atoms with Gasteiger partial charge in [0.2, 0.25) is 11.8 Å². The molecule has 3 amide bonds. The van der Waals surface area contributed by atoms with E-state index in [0.717, 1.165) is 27.3 Å². The van der Waals surface area contributed by atoms with Gasteiger partial charge in [-0.25, -0.2) is 14.6 Å². The smallest absolute Gasteiger partial charge is 0.407 e. The third kappa shape index (κ3) is 4.88. The number of carbonyl (C=O) groups excluding carboxylic acids is 3. The van der Waals surface area contributed by atoms with Crippen molar-refractivity contribution in [3.05, 3.63) is 59.7 Å². The number of hydrogen-bond acceptors (Lipinski definition) is 5. The number of carboxylic acid groups (broad SMARTS) is 1. The molecule has 0 radical (unpaired) electrons. The second-order valence-electron chi connectivity index (χ2n) is 8.71. The van der Waals surface area contributed by atoms with Crippen molar-refractivity contribution in [3.63, 3.8) is 0 Å². The van der Waals surface area contributed by atoms with Crippen LogP contribution in [0.4, 0.5) is 4.79 Å². The van der Waals surface area contributed by atoms with Crippen LogP contribution >= 0.6 is 0 Å². The van der Waals surface area contributed by atoms with Crippen LogP contribution in [-0.4, -0.2) is 53.2 Å².